The number of rotatable bonds is 5. The van der Waals surface area contributed by atoms with E-state index in [1.807, 2.05) is 22.9 Å². The third-order valence-corrected chi connectivity index (χ3v) is 4.15. The van der Waals surface area contributed by atoms with Crippen LogP contribution in [-0.4, -0.2) is 17.6 Å². The Balaban J connectivity index is 1.62. The molecule has 120 valence electrons. The molecule has 2 heterocycles. The first-order valence-electron chi connectivity index (χ1n) is 7.26. The molecule has 0 fully saturated rings. The fourth-order valence-corrected chi connectivity index (χ4v) is 2.86. The highest BCUT2D eigenvalue weighted by Crippen LogP contribution is 2.26. The second-order valence-corrected chi connectivity index (χ2v) is 5.91. The largest absolute Gasteiger partial charge is 0.458 e. The van der Waals surface area contributed by atoms with Gasteiger partial charge in [0.1, 0.15) is 17.6 Å². The van der Waals surface area contributed by atoms with Gasteiger partial charge in [-0.3, -0.25) is 4.79 Å². The number of furan rings is 1. The van der Waals surface area contributed by atoms with Gasteiger partial charge < -0.3 is 14.8 Å². The van der Waals surface area contributed by atoms with Gasteiger partial charge >= 0.3 is 0 Å². The normalized spacial score (nSPS) is 11.7. The molecule has 0 bridgehead atoms. The van der Waals surface area contributed by atoms with E-state index in [-0.39, 0.29) is 12.5 Å². The van der Waals surface area contributed by atoms with E-state index < -0.39 is 6.10 Å². The molecule has 2 aromatic heterocycles. The SMILES string of the molecule is N#Cc1cccc(C(=O)NC[C@@H](O)c2ccc(-c3ccsc3)o2)c1. The predicted molar refractivity (Wildman–Crippen MR) is 90.5 cm³/mol. The van der Waals surface area contributed by atoms with Crippen LogP contribution in [0.5, 0.6) is 0 Å². The first-order valence-corrected chi connectivity index (χ1v) is 8.20. The lowest BCUT2D eigenvalue weighted by Crippen LogP contribution is -2.28. The van der Waals surface area contributed by atoms with E-state index in [0.29, 0.717) is 22.6 Å². The number of nitriles is 1. The number of nitrogens with zero attached hydrogens (tertiary/aromatic N) is 1. The van der Waals surface area contributed by atoms with Gasteiger partial charge in [0.15, 0.2) is 0 Å². The molecule has 0 aliphatic rings. The van der Waals surface area contributed by atoms with Gasteiger partial charge in [-0.25, -0.2) is 0 Å². The fourth-order valence-electron chi connectivity index (χ4n) is 2.21. The van der Waals surface area contributed by atoms with Crippen molar-refractivity contribution < 1.29 is 14.3 Å². The van der Waals surface area contributed by atoms with Gasteiger partial charge in [0.2, 0.25) is 0 Å². The Kier molecular flexibility index (Phi) is 4.75. The van der Waals surface area contributed by atoms with E-state index in [9.17, 15) is 9.90 Å². The van der Waals surface area contributed by atoms with Gasteiger partial charge in [0, 0.05) is 16.5 Å². The molecule has 3 aromatic rings. The van der Waals surface area contributed by atoms with Crippen molar-refractivity contribution in [2.75, 3.05) is 6.54 Å². The third kappa shape index (κ3) is 3.54. The summed E-state index contributed by atoms with van der Waals surface area (Å²) >= 11 is 1.56. The predicted octanol–water partition coefficient (Wildman–Crippen LogP) is 3.34. The summed E-state index contributed by atoms with van der Waals surface area (Å²) in [6, 6.07) is 13.8. The van der Waals surface area contributed by atoms with Gasteiger partial charge in [-0.05, 0) is 41.8 Å². The number of aliphatic hydroxyl groups is 1. The molecular formula is C18H14N2O3S. The van der Waals surface area contributed by atoms with E-state index in [2.05, 4.69) is 5.32 Å². The molecule has 24 heavy (non-hydrogen) atoms. The summed E-state index contributed by atoms with van der Waals surface area (Å²) in [6.45, 7) is 0.0200. The van der Waals surface area contributed by atoms with Gasteiger partial charge in [-0.1, -0.05) is 6.07 Å². The van der Waals surface area contributed by atoms with Crippen molar-refractivity contribution in [2.45, 2.75) is 6.10 Å². The number of hydrogen-bond donors (Lipinski definition) is 2. The van der Waals surface area contributed by atoms with Crippen molar-refractivity contribution in [1.29, 1.82) is 5.26 Å². The number of thiophene rings is 1. The Morgan fingerprint density at radius 2 is 2.21 bits per heavy atom. The highest BCUT2D eigenvalue weighted by molar-refractivity contribution is 7.08. The molecule has 1 amide bonds. The van der Waals surface area contributed by atoms with E-state index >= 15 is 0 Å². The molecule has 2 N–H and O–H groups in total. The zero-order valence-electron chi connectivity index (χ0n) is 12.6. The molecule has 6 heteroatoms. The summed E-state index contributed by atoms with van der Waals surface area (Å²) < 4.78 is 5.63. The van der Waals surface area contributed by atoms with E-state index in [0.717, 1.165) is 5.56 Å². The number of amides is 1. The smallest absolute Gasteiger partial charge is 0.251 e. The van der Waals surface area contributed by atoms with Gasteiger partial charge in [-0.15, -0.1) is 0 Å². The zero-order valence-corrected chi connectivity index (χ0v) is 13.4. The minimum Gasteiger partial charge on any atom is -0.458 e. The summed E-state index contributed by atoms with van der Waals surface area (Å²) in [6.07, 6.45) is -0.944. The molecule has 0 unspecified atom stereocenters. The molecule has 0 spiro atoms. The van der Waals surface area contributed by atoms with Crippen LogP contribution < -0.4 is 5.32 Å². The molecular weight excluding hydrogens is 324 g/mol. The van der Waals surface area contributed by atoms with E-state index in [4.69, 9.17) is 9.68 Å². The number of nitrogens with one attached hydrogen (secondary N) is 1. The van der Waals surface area contributed by atoms with Crippen LogP contribution in [0.25, 0.3) is 11.3 Å². The van der Waals surface area contributed by atoms with E-state index in [1.54, 1.807) is 41.7 Å². The van der Waals surface area contributed by atoms with Gasteiger partial charge in [-0.2, -0.15) is 16.6 Å². The van der Waals surface area contributed by atoms with Crippen LogP contribution >= 0.6 is 11.3 Å². The van der Waals surface area contributed by atoms with Crippen LogP contribution in [-0.2, 0) is 0 Å². The minimum atomic E-state index is -0.944. The second kappa shape index (κ2) is 7.13. The molecule has 0 saturated heterocycles. The minimum absolute atomic E-state index is 0.0200. The Bertz CT molecular complexity index is 878. The zero-order chi connectivity index (χ0) is 16.9. The van der Waals surface area contributed by atoms with E-state index in [1.165, 1.54) is 6.07 Å². The van der Waals surface area contributed by atoms with Crippen molar-refractivity contribution in [3.63, 3.8) is 0 Å². The monoisotopic (exact) mass is 338 g/mol. The maximum absolute atomic E-state index is 12.1. The lowest BCUT2D eigenvalue weighted by molar-refractivity contribution is 0.0901. The first-order chi connectivity index (χ1) is 11.7. The fraction of sp³-hybridized carbons (Fsp3) is 0.111. The topological polar surface area (TPSA) is 86.3 Å². The summed E-state index contributed by atoms with van der Waals surface area (Å²) in [5.41, 5.74) is 1.74. The number of carbonyl (C=O) groups is 1. The number of hydrogen-bond acceptors (Lipinski definition) is 5. The van der Waals surface area contributed by atoms with Crippen LogP contribution in [0, 0.1) is 11.3 Å². The molecule has 3 rings (SSSR count). The molecule has 0 radical (unpaired) electrons. The van der Waals surface area contributed by atoms with Crippen LogP contribution in [0.15, 0.2) is 57.6 Å². The standard InChI is InChI=1S/C18H14N2O3S/c19-9-12-2-1-3-13(8-12)18(22)20-10-15(21)17-5-4-16(23-17)14-6-7-24-11-14/h1-8,11,15,21H,10H2,(H,20,22)/t15-/m1/s1. The van der Waals surface area contributed by atoms with Crippen molar-refractivity contribution in [1.82, 2.24) is 5.32 Å². The molecule has 1 aromatic carbocycles. The Labute approximate surface area is 142 Å². The van der Waals surface area contributed by atoms with Crippen LogP contribution in [0.3, 0.4) is 0 Å². The average Bonchev–Trinajstić information content (AvgIpc) is 3.30. The van der Waals surface area contributed by atoms with Crippen LogP contribution in [0.4, 0.5) is 0 Å². The lowest BCUT2D eigenvalue weighted by atomic mass is 10.1. The molecule has 5 nitrogen and oxygen atoms in total. The lowest BCUT2D eigenvalue weighted by Gasteiger charge is -2.10. The van der Waals surface area contributed by atoms with Gasteiger partial charge in [0.05, 0.1) is 18.2 Å². The summed E-state index contributed by atoms with van der Waals surface area (Å²) in [5, 5.41) is 25.6. The quantitative estimate of drug-likeness (QED) is 0.747. The molecule has 0 saturated carbocycles. The molecule has 1 atom stereocenters. The Hall–Kier alpha value is -2.88. The Morgan fingerprint density at radius 1 is 1.33 bits per heavy atom. The third-order valence-electron chi connectivity index (χ3n) is 3.47. The summed E-state index contributed by atoms with van der Waals surface area (Å²) in [4.78, 5) is 12.1. The number of benzene rings is 1. The second-order valence-electron chi connectivity index (χ2n) is 5.13. The Morgan fingerprint density at radius 3 is 2.96 bits per heavy atom. The van der Waals surface area contributed by atoms with Crippen molar-refractivity contribution >= 4 is 17.2 Å². The number of aliphatic hydroxyl groups excluding tert-OH is 1. The van der Waals surface area contributed by atoms with Crippen molar-refractivity contribution in [3.8, 4) is 17.4 Å². The molecule has 0 aliphatic heterocycles. The summed E-state index contributed by atoms with van der Waals surface area (Å²) in [7, 11) is 0. The number of carbonyl (C=O) groups excluding carboxylic acids is 1. The molecule has 0 aliphatic carbocycles. The average molecular weight is 338 g/mol. The highest BCUT2D eigenvalue weighted by atomic mass is 32.1. The summed E-state index contributed by atoms with van der Waals surface area (Å²) in [5.74, 6) is 0.719. The van der Waals surface area contributed by atoms with Crippen LogP contribution in [0.2, 0.25) is 0 Å². The van der Waals surface area contributed by atoms with Crippen LogP contribution in [0.1, 0.15) is 27.8 Å². The maximum atomic E-state index is 12.1. The maximum Gasteiger partial charge on any atom is 0.251 e. The van der Waals surface area contributed by atoms with Crippen molar-refractivity contribution in [2.24, 2.45) is 0 Å². The van der Waals surface area contributed by atoms with Gasteiger partial charge in [0.25, 0.3) is 5.91 Å². The van der Waals surface area contributed by atoms with Crippen molar-refractivity contribution in [3.05, 3.63) is 70.1 Å². The highest BCUT2D eigenvalue weighted by Gasteiger charge is 2.15. The first kappa shape index (κ1) is 16.0.